The first-order valence-electron chi connectivity index (χ1n) is 14.4. The molecule has 0 bridgehead atoms. The monoisotopic (exact) mass is 686 g/mol. The van der Waals surface area contributed by atoms with Crippen LogP contribution < -0.4 is 4.74 Å². The molecule has 5 heterocycles. The van der Waals surface area contributed by atoms with Gasteiger partial charge in [0.15, 0.2) is 0 Å². The number of para-hydroxylation sites is 1. The fourth-order valence-corrected chi connectivity index (χ4v) is 7.76. The minimum absolute atomic E-state index is 0. The van der Waals surface area contributed by atoms with Crippen molar-refractivity contribution in [3.8, 4) is 17.2 Å². The molecule has 214 valence electrons. The average molecular weight is 687 g/mol. The fourth-order valence-electron chi connectivity index (χ4n) is 6.65. The van der Waals surface area contributed by atoms with Crippen LogP contribution in [0.3, 0.4) is 0 Å². The van der Waals surface area contributed by atoms with Gasteiger partial charge in [-0.2, -0.15) is 6.07 Å². The first kappa shape index (κ1) is 26.4. The third-order valence-corrected chi connectivity index (χ3v) is 9.61. The van der Waals surface area contributed by atoms with Gasteiger partial charge in [-0.25, -0.2) is 4.98 Å². The van der Waals surface area contributed by atoms with Gasteiger partial charge in [-0.1, -0.05) is 65.0 Å². The summed E-state index contributed by atoms with van der Waals surface area (Å²) < 4.78 is 13.3. The van der Waals surface area contributed by atoms with E-state index >= 15 is 0 Å². The summed E-state index contributed by atoms with van der Waals surface area (Å²) >= 11 is 1.83. The van der Waals surface area contributed by atoms with Gasteiger partial charge in [0.2, 0.25) is 0 Å². The SMILES string of the molecule is [Pd+2].[c-]1c(Oc2[c-]c3c(cc2)c2ccc4sc5ccccc5c4c2n2ccnc32)cccc1-n1c2ccccc2c2cccnc21. The van der Waals surface area contributed by atoms with Crippen LogP contribution in [0.1, 0.15) is 0 Å². The Morgan fingerprint density at radius 2 is 1.40 bits per heavy atom. The Labute approximate surface area is 274 Å². The number of hydrogen-bond acceptors (Lipinski definition) is 4. The second-order valence-corrected chi connectivity index (χ2v) is 12.0. The molecule has 0 unspecified atom stereocenters. The fraction of sp³-hybridized carbons (Fsp3) is 0. The molecule has 5 aromatic carbocycles. The van der Waals surface area contributed by atoms with Crippen molar-refractivity contribution in [3.05, 3.63) is 134 Å². The zero-order chi connectivity index (χ0) is 28.8. The summed E-state index contributed by atoms with van der Waals surface area (Å²) in [5.74, 6) is 1.21. The zero-order valence-corrected chi connectivity index (χ0v) is 25.8. The number of benzene rings is 5. The molecular formula is C38H20N4OPdS. The van der Waals surface area contributed by atoms with Gasteiger partial charge in [0.05, 0.1) is 11.2 Å². The molecule has 5 aromatic heterocycles. The molecule has 5 nitrogen and oxygen atoms in total. The smallest absolute Gasteiger partial charge is 0.503 e. The van der Waals surface area contributed by atoms with Crippen molar-refractivity contribution in [1.82, 2.24) is 18.9 Å². The summed E-state index contributed by atoms with van der Waals surface area (Å²) in [6, 6.07) is 42.6. The molecule has 45 heavy (non-hydrogen) atoms. The van der Waals surface area contributed by atoms with Crippen molar-refractivity contribution in [1.29, 1.82) is 0 Å². The maximum atomic E-state index is 6.42. The number of pyridine rings is 2. The predicted molar refractivity (Wildman–Crippen MR) is 179 cm³/mol. The Hall–Kier alpha value is -5.06. The van der Waals surface area contributed by atoms with Crippen LogP contribution in [0.2, 0.25) is 0 Å². The normalized spacial score (nSPS) is 11.8. The van der Waals surface area contributed by atoms with Crippen LogP contribution in [0.25, 0.3) is 75.1 Å². The van der Waals surface area contributed by atoms with E-state index in [0.717, 1.165) is 49.4 Å². The Balaban J connectivity index is 0.00000281. The molecule has 0 saturated heterocycles. The molecule has 10 aromatic rings. The Bertz CT molecular complexity index is 2720. The van der Waals surface area contributed by atoms with Crippen LogP contribution in [-0.4, -0.2) is 18.9 Å². The Kier molecular flexibility index (Phi) is 5.85. The Morgan fingerprint density at radius 1 is 0.600 bits per heavy atom. The number of nitrogens with zero attached hydrogens (tertiary/aromatic N) is 4. The zero-order valence-electron chi connectivity index (χ0n) is 23.5. The molecule has 0 saturated carbocycles. The van der Waals surface area contributed by atoms with Gasteiger partial charge in [-0.15, -0.1) is 41.7 Å². The van der Waals surface area contributed by atoms with E-state index in [2.05, 4.69) is 87.8 Å². The van der Waals surface area contributed by atoms with Gasteiger partial charge >= 0.3 is 20.4 Å². The summed E-state index contributed by atoms with van der Waals surface area (Å²) in [7, 11) is 0. The number of aromatic nitrogens is 4. The third kappa shape index (κ3) is 3.82. The van der Waals surface area contributed by atoms with Crippen molar-refractivity contribution >= 4 is 80.8 Å². The summed E-state index contributed by atoms with van der Waals surface area (Å²) in [6.07, 6.45) is 5.73. The molecule has 0 aliphatic rings. The number of imidazole rings is 1. The third-order valence-electron chi connectivity index (χ3n) is 8.48. The molecule has 7 heteroatoms. The standard InChI is InChI=1S/C38H20N4OS.Pd/c1-3-12-32-27(9-1)29-11-6-18-39-38(29)42(32)23-7-5-8-24(21-23)43-25-14-15-26-28-16-17-34-35(30-10-2-4-13-33(30)44-34)36(28)41-20-19-40-37(41)31(26)22-25;/h1-20H;/q-2;+2. The summed E-state index contributed by atoms with van der Waals surface area (Å²) in [6.45, 7) is 0. The predicted octanol–water partition coefficient (Wildman–Crippen LogP) is 9.89. The summed E-state index contributed by atoms with van der Waals surface area (Å²) in [5.41, 5.74) is 4.85. The van der Waals surface area contributed by atoms with Crippen LogP contribution in [0.5, 0.6) is 11.5 Å². The van der Waals surface area contributed by atoms with E-state index in [-0.39, 0.29) is 20.4 Å². The van der Waals surface area contributed by atoms with Crippen molar-refractivity contribution in [2.75, 3.05) is 0 Å². The van der Waals surface area contributed by atoms with Gasteiger partial charge in [0.1, 0.15) is 5.65 Å². The van der Waals surface area contributed by atoms with E-state index in [4.69, 9.17) is 14.7 Å². The van der Waals surface area contributed by atoms with Crippen molar-refractivity contribution in [3.63, 3.8) is 0 Å². The van der Waals surface area contributed by atoms with Crippen molar-refractivity contribution in [2.45, 2.75) is 0 Å². The van der Waals surface area contributed by atoms with Crippen LogP contribution in [0.4, 0.5) is 0 Å². The molecule has 0 spiro atoms. The largest absolute Gasteiger partial charge is 2.00 e. The maximum Gasteiger partial charge on any atom is 2.00 e. The second kappa shape index (κ2) is 9.98. The minimum Gasteiger partial charge on any atom is -0.503 e. The summed E-state index contributed by atoms with van der Waals surface area (Å²) in [5, 5.41) is 7.97. The maximum absolute atomic E-state index is 6.42. The van der Waals surface area contributed by atoms with E-state index in [1.165, 1.54) is 25.7 Å². The van der Waals surface area contributed by atoms with Crippen LogP contribution >= 0.6 is 11.3 Å². The summed E-state index contributed by atoms with van der Waals surface area (Å²) in [4.78, 5) is 9.49. The van der Waals surface area contributed by atoms with Crippen LogP contribution in [-0.2, 0) is 20.4 Å². The first-order chi connectivity index (χ1) is 21.8. The molecule has 0 radical (unpaired) electrons. The molecular weight excluding hydrogens is 667 g/mol. The number of fused-ring (bicyclic) bond motifs is 13. The van der Waals surface area contributed by atoms with E-state index in [1.807, 2.05) is 66.3 Å². The van der Waals surface area contributed by atoms with Gasteiger partial charge in [-0.05, 0) is 35.7 Å². The molecule has 0 atom stereocenters. The number of thiophene rings is 1. The quantitative estimate of drug-likeness (QED) is 0.106. The molecule has 0 aliphatic carbocycles. The van der Waals surface area contributed by atoms with Gasteiger partial charge in [0, 0.05) is 66.6 Å². The second-order valence-electron chi connectivity index (χ2n) is 10.9. The molecule has 10 rings (SSSR count). The first-order valence-corrected chi connectivity index (χ1v) is 15.2. The molecule has 0 fully saturated rings. The van der Waals surface area contributed by atoms with E-state index in [0.29, 0.717) is 11.5 Å². The van der Waals surface area contributed by atoms with Crippen molar-refractivity contribution < 1.29 is 25.2 Å². The van der Waals surface area contributed by atoms with Crippen LogP contribution in [0.15, 0.2) is 122 Å². The molecule has 0 aliphatic heterocycles. The number of rotatable bonds is 3. The van der Waals surface area contributed by atoms with E-state index in [1.54, 1.807) is 0 Å². The van der Waals surface area contributed by atoms with Gasteiger partial charge in [0.25, 0.3) is 0 Å². The molecule has 0 amide bonds. The average Bonchev–Trinajstić information content (AvgIpc) is 3.79. The van der Waals surface area contributed by atoms with Crippen LogP contribution in [0, 0.1) is 12.1 Å². The van der Waals surface area contributed by atoms with Crippen molar-refractivity contribution in [2.24, 2.45) is 0 Å². The number of ether oxygens (including phenoxy) is 1. The Morgan fingerprint density at radius 3 is 2.36 bits per heavy atom. The van der Waals surface area contributed by atoms with Gasteiger partial charge < -0.3 is 13.7 Å². The van der Waals surface area contributed by atoms with E-state index < -0.39 is 0 Å². The topological polar surface area (TPSA) is 44.4 Å². The molecule has 0 N–H and O–H groups in total. The van der Waals surface area contributed by atoms with E-state index in [9.17, 15) is 0 Å². The minimum atomic E-state index is 0. The van der Waals surface area contributed by atoms with Gasteiger partial charge in [-0.3, -0.25) is 4.98 Å². The number of hydrogen-bond donors (Lipinski definition) is 0.